The van der Waals surface area contributed by atoms with Crippen LogP contribution in [0.15, 0.2) is 42.9 Å². The molecule has 0 unspecified atom stereocenters. The van der Waals surface area contributed by atoms with E-state index in [0.29, 0.717) is 18.8 Å². The monoisotopic (exact) mass is 366 g/mol. The van der Waals surface area contributed by atoms with Gasteiger partial charge in [-0.05, 0) is 30.1 Å². The minimum atomic E-state index is -1.72. The standard InChI is InChI=1S/C21H23FN4O/c1-25-7-5-21(22,6-8-25)20(27)11-19-10-17-9-15(3-4-16(17)12-23-19)18-13-24-26(2)14-18/h3-4,9-10,12-14H,5-8,11H2,1-2H3. The number of aromatic nitrogens is 3. The van der Waals surface area contributed by atoms with Crippen LogP contribution in [-0.2, 0) is 18.3 Å². The summed E-state index contributed by atoms with van der Waals surface area (Å²) < 4.78 is 16.8. The van der Waals surface area contributed by atoms with Crippen molar-refractivity contribution in [2.24, 2.45) is 7.05 Å². The lowest BCUT2D eigenvalue weighted by Gasteiger charge is -2.33. The molecule has 0 aliphatic carbocycles. The van der Waals surface area contributed by atoms with Crippen molar-refractivity contribution >= 4 is 16.6 Å². The number of hydrogen-bond donors (Lipinski definition) is 0. The van der Waals surface area contributed by atoms with E-state index in [1.807, 2.05) is 44.7 Å². The fourth-order valence-electron chi connectivity index (χ4n) is 3.61. The molecule has 27 heavy (non-hydrogen) atoms. The molecule has 1 aliphatic heterocycles. The van der Waals surface area contributed by atoms with E-state index in [0.717, 1.165) is 21.9 Å². The third-order valence-electron chi connectivity index (χ3n) is 5.44. The molecule has 0 saturated carbocycles. The average molecular weight is 366 g/mol. The van der Waals surface area contributed by atoms with Crippen LogP contribution in [0.4, 0.5) is 4.39 Å². The number of carbonyl (C=O) groups is 1. The van der Waals surface area contributed by atoms with Gasteiger partial charge in [-0.25, -0.2) is 4.39 Å². The molecule has 1 aromatic carbocycles. The molecule has 2 aromatic heterocycles. The van der Waals surface area contributed by atoms with Crippen LogP contribution in [0.5, 0.6) is 0 Å². The molecule has 140 valence electrons. The van der Waals surface area contributed by atoms with Gasteiger partial charge >= 0.3 is 0 Å². The van der Waals surface area contributed by atoms with E-state index < -0.39 is 5.67 Å². The van der Waals surface area contributed by atoms with Crippen molar-refractivity contribution < 1.29 is 9.18 Å². The molecule has 3 aromatic rings. The summed E-state index contributed by atoms with van der Waals surface area (Å²) in [5, 5.41) is 6.19. The molecular formula is C21H23FN4O. The molecule has 1 fully saturated rings. The van der Waals surface area contributed by atoms with Gasteiger partial charge in [-0.15, -0.1) is 0 Å². The molecule has 6 heteroatoms. The average Bonchev–Trinajstić information content (AvgIpc) is 3.10. The Morgan fingerprint density at radius 3 is 2.59 bits per heavy atom. The van der Waals surface area contributed by atoms with Gasteiger partial charge < -0.3 is 4.90 Å². The Bertz CT molecular complexity index is 989. The molecule has 4 rings (SSSR count). The fraction of sp³-hybridized carbons (Fsp3) is 0.381. The molecule has 1 saturated heterocycles. The highest BCUT2D eigenvalue weighted by Gasteiger charge is 2.40. The third kappa shape index (κ3) is 3.62. The SMILES string of the molecule is CN1CCC(F)(C(=O)Cc2cc3cc(-c4cnn(C)c4)ccc3cn2)CC1. The number of alkyl halides is 1. The summed E-state index contributed by atoms with van der Waals surface area (Å²) in [5.74, 6) is -0.356. The molecule has 3 heterocycles. The Hall–Kier alpha value is -2.60. The van der Waals surface area contributed by atoms with E-state index in [4.69, 9.17) is 0 Å². The van der Waals surface area contributed by atoms with Crippen LogP contribution in [-0.4, -0.2) is 51.3 Å². The second kappa shape index (κ2) is 6.85. The van der Waals surface area contributed by atoms with Crippen molar-refractivity contribution in [1.82, 2.24) is 19.7 Å². The van der Waals surface area contributed by atoms with E-state index in [9.17, 15) is 4.79 Å². The minimum absolute atomic E-state index is 0.0350. The van der Waals surface area contributed by atoms with Crippen LogP contribution in [0, 0.1) is 0 Å². The molecule has 0 N–H and O–H groups in total. The number of ketones is 1. The number of halogens is 1. The normalized spacial score (nSPS) is 17.3. The highest BCUT2D eigenvalue weighted by molar-refractivity contribution is 5.91. The van der Waals surface area contributed by atoms with E-state index in [2.05, 4.69) is 21.0 Å². The van der Waals surface area contributed by atoms with Crippen LogP contribution in [0.1, 0.15) is 18.5 Å². The number of piperidine rings is 1. The Morgan fingerprint density at radius 2 is 1.89 bits per heavy atom. The van der Waals surface area contributed by atoms with Crippen LogP contribution in [0.3, 0.4) is 0 Å². The number of carbonyl (C=O) groups excluding carboxylic acids is 1. The van der Waals surface area contributed by atoms with Gasteiger partial charge in [0.1, 0.15) is 0 Å². The Balaban J connectivity index is 1.58. The lowest BCUT2D eigenvalue weighted by atomic mass is 9.87. The van der Waals surface area contributed by atoms with E-state index >= 15 is 4.39 Å². The number of rotatable bonds is 4. The molecule has 0 spiro atoms. The summed E-state index contributed by atoms with van der Waals surface area (Å²) >= 11 is 0. The summed E-state index contributed by atoms with van der Waals surface area (Å²) in [4.78, 5) is 19.0. The second-order valence-electron chi connectivity index (χ2n) is 7.51. The van der Waals surface area contributed by atoms with Gasteiger partial charge in [0, 0.05) is 62.0 Å². The molecule has 0 bridgehead atoms. The zero-order valence-corrected chi connectivity index (χ0v) is 15.7. The van der Waals surface area contributed by atoms with Gasteiger partial charge in [0.25, 0.3) is 0 Å². The zero-order valence-electron chi connectivity index (χ0n) is 15.7. The van der Waals surface area contributed by atoms with Crippen molar-refractivity contribution in [3.63, 3.8) is 0 Å². The summed E-state index contributed by atoms with van der Waals surface area (Å²) in [6, 6.07) is 7.99. The summed E-state index contributed by atoms with van der Waals surface area (Å²) in [7, 11) is 3.84. The first kappa shape index (κ1) is 17.8. The number of hydrogen-bond acceptors (Lipinski definition) is 4. The summed E-state index contributed by atoms with van der Waals surface area (Å²) in [6.07, 6.45) is 6.10. The lowest BCUT2D eigenvalue weighted by molar-refractivity contribution is -0.132. The van der Waals surface area contributed by atoms with E-state index in [1.54, 1.807) is 10.9 Å². The topological polar surface area (TPSA) is 51.0 Å². The first-order valence-electron chi connectivity index (χ1n) is 9.21. The van der Waals surface area contributed by atoms with Gasteiger partial charge in [0.15, 0.2) is 11.5 Å². The number of nitrogens with zero attached hydrogens (tertiary/aromatic N) is 4. The number of pyridine rings is 1. The number of benzene rings is 1. The van der Waals surface area contributed by atoms with Crippen LogP contribution < -0.4 is 0 Å². The van der Waals surface area contributed by atoms with Gasteiger partial charge in [-0.2, -0.15) is 5.10 Å². The van der Waals surface area contributed by atoms with Crippen LogP contribution in [0.2, 0.25) is 0 Å². The zero-order chi connectivity index (χ0) is 19.0. The van der Waals surface area contributed by atoms with Gasteiger partial charge in [-0.1, -0.05) is 12.1 Å². The van der Waals surface area contributed by atoms with Crippen molar-refractivity contribution in [2.75, 3.05) is 20.1 Å². The Morgan fingerprint density at radius 1 is 1.11 bits per heavy atom. The minimum Gasteiger partial charge on any atom is -0.306 e. The number of Topliss-reactive ketones (excluding diaryl/α,β-unsaturated/α-hetero) is 1. The lowest BCUT2D eigenvalue weighted by Crippen LogP contribution is -2.45. The molecule has 1 aliphatic rings. The first-order chi connectivity index (χ1) is 12.9. The predicted molar refractivity (Wildman–Crippen MR) is 103 cm³/mol. The smallest absolute Gasteiger partial charge is 0.175 e. The Labute approximate surface area is 157 Å². The van der Waals surface area contributed by atoms with Gasteiger partial charge in [0.05, 0.1) is 12.6 Å². The number of fused-ring (bicyclic) bond motifs is 1. The highest BCUT2D eigenvalue weighted by Crippen LogP contribution is 2.29. The molecular weight excluding hydrogens is 343 g/mol. The van der Waals surface area contributed by atoms with E-state index in [-0.39, 0.29) is 25.0 Å². The van der Waals surface area contributed by atoms with Gasteiger partial charge in [-0.3, -0.25) is 14.5 Å². The quantitative estimate of drug-likeness (QED) is 0.712. The number of aryl methyl sites for hydroxylation is 1. The third-order valence-corrected chi connectivity index (χ3v) is 5.44. The number of likely N-dealkylation sites (tertiary alicyclic amines) is 1. The maximum absolute atomic E-state index is 15.0. The maximum Gasteiger partial charge on any atom is 0.175 e. The van der Waals surface area contributed by atoms with Crippen molar-refractivity contribution in [3.8, 4) is 11.1 Å². The van der Waals surface area contributed by atoms with Crippen molar-refractivity contribution in [1.29, 1.82) is 0 Å². The largest absolute Gasteiger partial charge is 0.306 e. The predicted octanol–water partition coefficient (Wildman–Crippen LogP) is 3.18. The summed E-state index contributed by atoms with van der Waals surface area (Å²) in [5.41, 5.74) is 0.978. The van der Waals surface area contributed by atoms with Crippen molar-refractivity contribution in [2.45, 2.75) is 24.9 Å². The van der Waals surface area contributed by atoms with Crippen LogP contribution in [0.25, 0.3) is 21.9 Å². The molecule has 0 atom stereocenters. The second-order valence-corrected chi connectivity index (χ2v) is 7.51. The first-order valence-corrected chi connectivity index (χ1v) is 9.21. The summed E-state index contributed by atoms with van der Waals surface area (Å²) in [6.45, 7) is 1.23. The van der Waals surface area contributed by atoms with Crippen molar-refractivity contribution in [3.05, 3.63) is 48.5 Å². The fourth-order valence-corrected chi connectivity index (χ4v) is 3.61. The highest BCUT2D eigenvalue weighted by atomic mass is 19.1. The van der Waals surface area contributed by atoms with Crippen LogP contribution >= 0.6 is 0 Å². The Kier molecular flexibility index (Phi) is 4.52. The molecule has 0 radical (unpaired) electrons. The molecule has 0 amide bonds. The molecule has 5 nitrogen and oxygen atoms in total. The van der Waals surface area contributed by atoms with Gasteiger partial charge in [0.2, 0.25) is 0 Å². The van der Waals surface area contributed by atoms with E-state index in [1.165, 1.54) is 0 Å². The maximum atomic E-state index is 15.0.